The predicted molar refractivity (Wildman–Crippen MR) is 71.5 cm³/mol. The molecule has 2 N–H and O–H groups in total. The van der Waals surface area contributed by atoms with Crippen LogP contribution in [0.15, 0.2) is 0 Å². The highest BCUT2D eigenvalue weighted by atomic mass is 16.4. The van der Waals surface area contributed by atoms with Crippen LogP contribution in [0.1, 0.15) is 41.5 Å². The summed E-state index contributed by atoms with van der Waals surface area (Å²) in [5, 5.41) is 11.8. The third-order valence-electron chi connectivity index (χ3n) is 2.64. The van der Waals surface area contributed by atoms with E-state index in [0.717, 1.165) is 0 Å². The minimum absolute atomic E-state index is 0.312. The Hall–Kier alpha value is -1.26. The molecule has 0 heterocycles. The lowest BCUT2D eigenvalue weighted by molar-refractivity contribution is -0.142. The maximum atomic E-state index is 12.0. The van der Waals surface area contributed by atoms with Crippen LogP contribution in [0.4, 0.5) is 4.79 Å². The molecule has 0 spiro atoms. The van der Waals surface area contributed by atoms with Crippen molar-refractivity contribution in [3.8, 4) is 0 Å². The highest BCUT2D eigenvalue weighted by Crippen LogP contribution is 2.19. The summed E-state index contributed by atoms with van der Waals surface area (Å²) in [4.78, 5) is 24.8. The second kappa shape index (κ2) is 6.61. The Balaban J connectivity index is 4.73. The summed E-state index contributed by atoms with van der Waals surface area (Å²) >= 11 is 0. The maximum absolute atomic E-state index is 12.0. The molecule has 18 heavy (non-hydrogen) atoms. The summed E-state index contributed by atoms with van der Waals surface area (Å²) in [6.45, 7) is 12.5. The van der Waals surface area contributed by atoms with Crippen molar-refractivity contribution in [2.24, 2.45) is 11.3 Å². The summed E-state index contributed by atoms with van der Waals surface area (Å²) in [6, 6.07) is -1.19. The summed E-state index contributed by atoms with van der Waals surface area (Å²) < 4.78 is 0. The van der Waals surface area contributed by atoms with Crippen molar-refractivity contribution in [2.45, 2.75) is 47.6 Å². The van der Waals surface area contributed by atoms with Crippen LogP contribution in [0.2, 0.25) is 0 Å². The van der Waals surface area contributed by atoms with Crippen LogP contribution in [0.25, 0.3) is 0 Å². The van der Waals surface area contributed by atoms with Gasteiger partial charge in [-0.05, 0) is 18.3 Å². The van der Waals surface area contributed by atoms with E-state index in [1.54, 1.807) is 25.7 Å². The monoisotopic (exact) mass is 258 g/mol. The summed E-state index contributed by atoms with van der Waals surface area (Å²) in [5.74, 6) is -0.648. The third kappa shape index (κ3) is 5.38. The van der Waals surface area contributed by atoms with Crippen molar-refractivity contribution in [2.75, 3.05) is 13.1 Å². The number of nitrogens with zero attached hydrogens (tertiary/aromatic N) is 1. The predicted octanol–water partition coefficient (Wildman–Crippen LogP) is 2.17. The number of carbonyl (C=O) groups is 2. The van der Waals surface area contributed by atoms with Crippen LogP contribution in [-0.2, 0) is 4.79 Å². The Morgan fingerprint density at radius 3 is 2.06 bits per heavy atom. The van der Waals surface area contributed by atoms with Gasteiger partial charge in [0.15, 0.2) is 0 Å². The summed E-state index contributed by atoms with van der Waals surface area (Å²) in [6.07, 6.45) is 0. The van der Waals surface area contributed by atoms with Crippen molar-refractivity contribution < 1.29 is 14.7 Å². The molecular formula is C13H26N2O3. The van der Waals surface area contributed by atoms with Gasteiger partial charge in [0.1, 0.15) is 6.04 Å². The van der Waals surface area contributed by atoms with Crippen LogP contribution in [-0.4, -0.2) is 41.1 Å². The highest BCUT2D eigenvalue weighted by molar-refractivity contribution is 5.83. The summed E-state index contributed by atoms with van der Waals surface area (Å²) in [5.41, 5.74) is -0.515. The van der Waals surface area contributed by atoms with E-state index >= 15 is 0 Å². The van der Waals surface area contributed by atoms with Crippen molar-refractivity contribution in [3.05, 3.63) is 0 Å². The van der Waals surface area contributed by atoms with Gasteiger partial charge in [-0.2, -0.15) is 0 Å². The number of hydrogen-bond acceptors (Lipinski definition) is 2. The van der Waals surface area contributed by atoms with E-state index < -0.39 is 17.4 Å². The molecule has 5 nitrogen and oxygen atoms in total. The Bertz CT molecular complexity index is 295. The molecule has 1 atom stereocenters. The standard InChI is InChI=1S/C13H26N2O3/c1-7-15(8-9(2)3)12(18)14-10(11(16)17)13(4,5)6/h9-10H,7-8H2,1-6H3,(H,14,18)(H,16,17)/t10-/m1/s1. The minimum atomic E-state index is -1.00. The molecule has 0 aliphatic rings. The van der Waals surface area contributed by atoms with Gasteiger partial charge in [-0.15, -0.1) is 0 Å². The van der Waals surface area contributed by atoms with E-state index in [1.165, 1.54) is 0 Å². The van der Waals surface area contributed by atoms with E-state index in [4.69, 9.17) is 5.11 Å². The number of urea groups is 1. The van der Waals surface area contributed by atoms with Gasteiger partial charge in [0.05, 0.1) is 0 Å². The van der Waals surface area contributed by atoms with Crippen LogP contribution in [0.3, 0.4) is 0 Å². The smallest absolute Gasteiger partial charge is 0.326 e. The van der Waals surface area contributed by atoms with Crippen LogP contribution < -0.4 is 5.32 Å². The van der Waals surface area contributed by atoms with Gasteiger partial charge < -0.3 is 15.3 Å². The highest BCUT2D eigenvalue weighted by Gasteiger charge is 2.33. The van der Waals surface area contributed by atoms with Crippen molar-refractivity contribution in [1.29, 1.82) is 0 Å². The first-order valence-electron chi connectivity index (χ1n) is 6.37. The molecule has 0 radical (unpaired) electrons. The topological polar surface area (TPSA) is 69.6 Å². The number of carboxylic acid groups (broad SMARTS) is 1. The van der Waals surface area contributed by atoms with E-state index in [-0.39, 0.29) is 6.03 Å². The normalized spacial score (nSPS) is 13.3. The van der Waals surface area contributed by atoms with Crippen molar-refractivity contribution in [1.82, 2.24) is 10.2 Å². The second-order valence-corrected chi connectivity index (χ2v) is 6.02. The molecule has 0 aromatic carbocycles. The molecular weight excluding hydrogens is 232 g/mol. The average Bonchev–Trinajstić information content (AvgIpc) is 2.19. The largest absolute Gasteiger partial charge is 0.480 e. The first-order chi connectivity index (χ1) is 8.09. The Kier molecular flexibility index (Phi) is 6.15. The molecule has 0 saturated heterocycles. The molecule has 0 fully saturated rings. The number of aliphatic carboxylic acids is 1. The zero-order valence-corrected chi connectivity index (χ0v) is 12.3. The number of nitrogens with one attached hydrogen (secondary N) is 1. The minimum Gasteiger partial charge on any atom is -0.480 e. The molecule has 0 bridgehead atoms. The fraction of sp³-hybridized carbons (Fsp3) is 0.846. The first-order valence-corrected chi connectivity index (χ1v) is 6.37. The lowest BCUT2D eigenvalue weighted by Gasteiger charge is -2.31. The molecule has 2 amide bonds. The van der Waals surface area contributed by atoms with Gasteiger partial charge in [0.25, 0.3) is 0 Å². The van der Waals surface area contributed by atoms with Crippen LogP contribution in [0, 0.1) is 11.3 Å². The zero-order valence-electron chi connectivity index (χ0n) is 12.3. The fourth-order valence-electron chi connectivity index (χ4n) is 1.66. The molecule has 0 aromatic rings. The number of amides is 2. The van der Waals surface area contributed by atoms with E-state index in [0.29, 0.717) is 19.0 Å². The number of hydrogen-bond donors (Lipinski definition) is 2. The van der Waals surface area contributed by atoms with Crippen molar-refractivity contribution in [3.63, 3.8) is 0 Å². The average molecular weight is 258 g/mol. The zero-order chi connectivity index (χ0) is 14.5. The third-order valence-corrected chi connectivity index (χ3v) is 2.64. The number of carbonyl (C=O) groups excluding carboxylic acids is 1. The fourth-order valence-corrected chi connectivity index (χ4v) is 1.66. The SMILES string of the molecule is CCN(CC(C)C)C(=O)N[C@H](C(=O)O)C(C)(C)C. The van der Waals surface area contributed by atoms with Crippen LogP contribution >= 0.6 is 0 Å². The lowest BCUT2D eigenvalue weighted by Crippen LogP contribution is -2.53. The first kappa shape index (κ1) is 16.7. The maximum Gasteiger partial charge on any atom is 0.326 e. The molecule has 0 aliphatic carbocycles. The van der Waals surface area contributed by atoms with Gasteiger partial charge >= 0.3 is 12.0 Å². The molecule has 0 aromatic heterocycles. The molecule has 0 unspecified atom stereocenters. The van der Waals surface area contributed by atoms with Gasteiger partial charge in [-0.25, -0.2) is 9.59 Å². The Labute approximate surface area is 110 Å². The molecule has 106 valence electrons. The van der Waals surface area contributed by atoms with Crippen LogP contribution in [0.5, 0.6) is 0 Å². The van der Waals surface area contributed by atoms with Gasteiger partial charge in [0.2, 0.25) is 0 Å². The number of carboxylic acids is 1. The van der Waals surface area contributed by atoms with E-state index in [1.807, 2.05) is 20.8 Å². The van der Waals surface area contributed by atoms with E-state index in [9.17, 15) is 9.59 Å². The van der Waals surface area contributed by atoms with Crippen molar-refractivity contribution >= 4 is 12.0 Å². The van der Waals surface area contributed by atoms with Gasteiger partial charge in [-0.3, -0.25) is 0 Å². The number of rotatable bonds is 5. The molecule has 0 aliphatic heterocycles. The molecule has 0 saturated carbocycles. The Morgan fingerprint density at radius 2 is 1.78 bits per heavy atom. The van der Waals surface area contributed by atoms with Gasteiger partial charge in [0, 0.05) is 13.1 Å². The van der Waals surface area contributed by atoms with Gasteiger partial charge in [-0.1, -0.05) is 34.6 Å². The van der Waals surface area contributed by atoms with E-state index in [2.05, 4.69) is 5.32 Å². The molecule has 0 rings (SSSR count). The summed E-state index contributed by atoms with van der Waals surface area (Å²) in [7, 11) is 0. The molecule has 5 heteroatoms. The quantitative estimate of drug-likeness (QED) is 0.794. The second-order valence-electron chi connectivity index (χ2n) is 6.02. The lowest BCUT2D eigenvalue weighted by atomic mass is 9.87. The Morgan fingerprint density at radius 1 is 1.28 bits per heavy atom.